The molecule has 1 heteroatoms. The normalized spacial score (nSPS) is 11.4. The summed E-state index contributed by atoms with van der Waals surface area (Å²) in [6.45, 7) is 9.41. The van der Waals surface area contributed by atoms with Gasteiger partial charge in [0.2, 0.25) is 0 Å². The maximum Gasteiger partial charge on any atom is 0.120 e. The molecule has 1 nitrogen and oxygen atoms in total. The maximum atomic E-state index is 5.91. The Kier molecular flexibility index (Phi) is 3.94. The van der Waals surface area contributed by atoms with E-state index in [4.69, 9.17) is 4.74 Å². The number of hydrogen-bond donors (Lipinski definition) is 0. The maximum absolute atomic E-state index is 5.91. The van der Waals surface area contributed by atoms with E-state index in [1.54, 1.807) is 0 Å². The SMILES string of the molecule is Cc1cccc(OCc2ccccc2C(C)(C)C)c1. The highest BCUT2D eigenvalue weighted by atomic mass is 16.5. The molecule has 0 radical (unpaired) electrons. The molecule has 100 valence electrons. The smallest absolute Gasteiger partial charge is 0.120 e. The van der Waals surface area contributed by atoms with Crippen molar-refractivity contribution < 1.29 is 4.74 Å². The fraction of sp³-hybridized carbons (Fsp3) is 0.333. The average molecular weight is 254 g/mol. The molecule has 2 aromatic carbocycles. The molecule has 0 unspecified atom stereocenters. The van der Waals surface area contributed by atoms with Gasteiger partial charge in [-0.25, -0.2) is 0 Å². The van der Waals surface area contributed by atoms with Crippen LogP contribution in [0.25, 0.3) is 0 Å². The van der Waals surface area contributed by atoms with E-state index in [9.17, 15) is 0 Å². The zero-order chi connectivity index (χ0) is 13.9. The fourth-order valence-electron chi connectivity index (χ4n) is 2.24. The first-order chi connectivity index (χ1) is 8.97. The molecule has 0 N–H and O–H groups in total. The van der Waals surface area contributed by atoms with E-state index in [1.807, 2.05) is 12.1 Å². The summed E-state index contributed by atoms with van der Waals surface area (Å²) >= 11 is 0. The van der Waals surface area contributed by atoms with Crippen LogP contribution in [0.5, 0.6) is 5.75 Å². The van der Waals surface area contributed by atoms with Crippen LogP contribution in [0.1, 0.15) is 37.5 Å². The highest BCUT2D eigenvalue weighted by Gasteiger charge is 2.17. The monoisotopic (exact) mass is 254 g/mol. The Bertz CT molecular complexity index is 550. The predicted molar refractivity (Wildman–Crippen MR) is 80.7 cm³/mol. The van der Waals surface area contributed by atoms with Crippen molar-refractivity contribution in [2.45, 2.75) is 39.7 Å². The molecule has 19 heavy (non-hydrogen) atoms. The Morgan fingerprint density at radius 2 is 1.68 bits per heavy atom. The van der Waals surface area contributed by atoms with Gasteiger partial charge in [0, 0.05) is 0 Å². The third-order valence-electron chi connectivity index (χ3n) is 3.21. The quantitative estimate of drug-likeness (QED) is 0.759. The zero-order valence-corrected chi connectivity index (χ0v) is 12.2. The lowest BCUT2D eigenvalue weighted by atomic mass is 9.84. The summed E-state index contributed by atoms with van der Waals surface area (Å²) in [5.74, 6) is 0.934. The second-order valence-corrected chi connectivity index (χ2v) is 6.01. The van der Waals surface area contributed by atoms with Crippen LogP contribution in [0.4, 0.5) is 0 Å². The molecule has 2 aromatic rings. The average Bonchev–Trinajstić information content (AvgIpc) is 2.36. The number of ether oxygens (including phenoxy) is 1. The predicted octanol–water partition coefficient (Wildman–Crippen LogP) is 4.87. The van der Waals surface area contributed by atoms with Gasteiger partial charge in [-0.2, -0.15) is 0 Å². The third-order valence-corrected chi connectivity index (χ3v) is 3.21. The summed E-state index contributed by atoms with van der Waals surface area (Å²) in [5, 5.41) is 0. The molecule has 0 saturated carbocycles. The topological polar surface area (TPSA) is 9.23 Å². The lowest BCUT2D eigenvalue weighted by Crippen LogP contribution is -2.15. The van der Waals surface area contributed by atoms with Crippen LogP contribution in [0.2, 0.25) is 0 Å². The van der Waals surface area contributed by atoms with Crippen molar-refractivity contribution in [3.05, 3.63) is 65.2 Å². The fourth-order valence-corrected chi connectivity index (χ4v) is 2.24. The summed E-state index contributed by atoms with van der Waals surface area (Å²) in [4.78, 5) is 0. The first-order valence-corrected chi connectivity index (χ1v) is 6.75. The van der Waals surface area contributed by atoms with Gasteiger partial charge in [0.1, 0.15) is 12.4 Å². The minimum atomic E-state index is 0.145. The van der Waals surface area contributed by atoms with Gasteiger partial charge in [0.15, 0.2) is 0 Å². The lowest BCUT2D eigenvalue weighted by molar-refractivity contribution is 0.302. The molecule has 0 atom stereocenters. The van der Waals surface area contributed by atoms with Crippen molar-refractivity contribution in [3.8, 4) is 5.75 Å². The highest BCUT2D eigenvalue weighted by molar-refractivity contribution is 5.33. The number of benzene rings is 2. The van der Waals surface area contributed by atoms with Gasteiger partial charge < -0.3 is 4.74 Å². The van der Waals surface area contributed by atoms with Crippen molar-refractivity contribution in [2.24, 2.45) is 0 Å². The van der Waals surface area contributed by atoms with Crippen LogP contribution in [0.3, 0.4) is 0 Å². The van der Waals surface area contributed by atoms with Crippen molar-refractivity contribution in [1.82, 2.24) is 0 Å². The van der Waals surface area contributed by atoms with E-state index >= 15 is 0 Å². The van der Waals surface area contributed by atoms with Crippen LogP contribution >= 0.6 is 0 Å². The zero-order valence-electron chi connectivity index (χ0n) is 12.2. The Labute approximate surface area is 116 Å². The second kappa shape index (κ2) is 5.48. The first-order valence-electron chi connectivity index (χ1n) is 6.75. The van der Waals surface area contributed by atoms with Gasteiger partial charge in [-0.05, 0) is 41.2 Å². The number of rotatable bonds is 3. The Balaban J connectivity index is 2.16. The number of aryl methyl sites for hydroxylation is 1. The van der Waals surface area contributed by atoms with Gasteiger partial charge in [-0.15, -0.1) is 0 Å². The Morgan fingerprint density at radius 1 is 0.947 bits per heavy atom. The molecule has 0 heterocycles. The van der Waals surface area contributed by atoms with Gasteiger partial charge in [-0.3, -0.25) is 0 Å². The van der Waals surface area contributed by atoms with Crippen molar-refractivity contribution in [2.75, 3.05) is 0 Å². The molecule has 0 bridgehead atoms. The minimum Gasteiger partial charge on any atom is -0.489 e. The molecule has 0 fully saturated rings. The Hall–Kier alpha value is -1.76. The molecule has 0 aliphatic rings. The third kappa shape index (κ3) is 3.60. The van der Waals surface area contributed by atoms with E-state index in [1.165, 1.54) is 16.7 Å². The molecule has 0 amide bonds. The molecular weight excluding hydrogens is 232 g/mol. The van der Waals surface area contributed by atoms with E-state index in [0.717, 1.165) is 5.75 Å². The lowest BCUT2D eigenvalue weighted by Gasteiger charge is -2.23. The molecule has 0 spiro atoms. The molecule has 0 aliphatic heterocycles. The molecule has 0 aromatic heterocycles. The van der Waals surface area contributed by atoms with Crippen LogP contribution in [-0.4, -0.2) is 0 Å². The van der Waals surface area contributed by atoms with Gasteiger partial charge in [0.05, 0.1) is 0 Å². The van der Waals surface area contributed by atoms with Crippen LogP contribution in [0, 0.1) is 6.92 Å². The Morgan fingerprint density at radius 3 is 2.37 bits per heavy atom. The summed E-state index contributed by atoms with van der Waals surface area (Å²) < 4.78 is 5.91. The number of hydrogen-bond acceptors (Lipinski definition) is 1. The van der Waals surface area contributed by atoms with Crippen LogP contribution in [-0.2, 0) is 12.0 Å². The first kappa shape index (κ1) is 13.7. The summed E-state index contributed by atoms with van der Waals surface area (Å²) in [7, 11) is 0. The standard InChI is InChI=1S/C18H22O/c1-14-8-7-10-16(12-14)19-13-15-9-5-6-11-17(15)18(2,3)4/h5-12H,13H2,1-4H3. The van der Waals surface area contributed by atoms with Gasteiger partial charge in [0.25, 0.3) is 0 Å². The van der Waals surface area contributed by atoms with E-state index < -0.39 is 0 Å². The van der Waals surface area contributed by atoms with E-state index in [2.05, 4.69) is 64.1 Å². The highest BCUT2D eigenvalue weighted by Crippen LogP contribution is 2.26. The van der Waals surface area contributed by atoms with Crippen molar-refractivity contribution in [3.63, 3.8) is 0 Å². The summed E-state index contributed by atoms with van der Waals surface area (Å²) in [6.07, 6.45) is 0. The van der Waals surface area contributed by atoms with E-state index in [0.29, 0.717) is 6.61 Å². The largest absolute Gasteiger partial charge is 0.489 e. The van der Waals surface area contributed by atoms with E-state index in [-0.39, 0.29) is 5.41 Å². The molecular formula is C18H22O. The van der Waals surface area contributed by atoms with Gasteiger partial charge in [-0.1, -0.05) is 57.2 Å². The molecule has 0 saturated heterocycles. The summed E-state index contributed by atoms with van der Waals surface area (Å²) in [6, 6.07) is 16.7. The molecule has 0 aliphatic carbocycles. The van der Waals surface area contributed by atoms with Crippen LogP contribution < -0.4 is 4.74 Å². The second-order valence-electron chi connectivity index (χ2n) is 6.01. The van der Waals surface area contributed by atoms with Crippen molar-refractivity contribution in [1.29, 1.82) is 0 Å². The summed E-state index contributed by atoms with van der Waals surface area (Å²) in [5.41, 5.74) is 3.98. The van der Waals surface area contributed by atoms with Crippen LogP contribution in [0.15, 0.2) is 48.5 Å². The van der Waals surface area contributed by atoms with Crippen molar-refractivity contribution >= 4 is 0 Å². The van der Waals surface area contributed by atoms with Gasteiger partial charge >= 0.3 is 0 Å². The minimum absolute atomic E-state index is 0.145. The molecule has 2 rings (SSSR count).